The predicted octanol–water partition coefficient (Wildman–Crippen LogP) is 5.65. The smallest absolute Gasteiger partial charge is 0.283 e. The molecule has 1 aromatic heterocycles. The van der Waals surface area contributed by atoms with Gasteiger partial charge in [-0.2, -0.15) is 4.99 Å². The molecule has 0 aliphatic carbocycles. The number of amides is 1. The molecule has 0 aliphatic rings. The summed E-state index contributed by atoms with van der Waals surface area (Å²) in [7, 11) is 1.66. The standard InChI is InChI=1S/C23H19BrN2O3S/c1-28-14-13-26-19-12-11-16(24)15-21(19)30-23(26)25-22(27)18-9-5-6-10-20(18)29-17-7-3-2-4-8-17/h2-12,15H,13-14H2,1H3. The van der Waals surface area contributed by atoms with Crippen molar-refractivity contribution in [3.63, 3.8) is 0 Å². The second kappa shape index (κ2) is 9.38. The zero-order chi connectivity index (χ0) is 20.9. The Kier molecular flexibility index (Phi) is 6.42. The summed E-state index contributed by atoms with van der Waals surface area (Å²) in [4.78, 5) is 18.2. The van der Waals surface area contributed by atoms with E-state index < -0.39 is 0 Å². The normalized spacial score (nSPS) is 11.7. The van der Waals surface area contributed by atoms with Crippen molar-refractivity contribution in [2.75, 3.05) is 13.7 Å². The minimum absolute atomic E-state index is 0.349. The first-order valence-corrected chi connectivity index (χ1v) is 11.0. The van der Waals surface area contributed by atoms with E-state index in [-0.39, 0.29) is 5.91 Å². The summed E-state index contributed by atoms with van der Waals surface area (Å²) in [6, 6.07) is 22.6. The van der Waals surface area contributed by atoms with Gasteiger partial charge in [0.05, 0.1) is 22.4 Å². The van der Waals surface area contributed by atoms with E-state index in [0.29, 0.717) is 35.0 Å². The summed E-state index contributed by atoms with van der Waals surface area (Å²) in [5, 5.41) is 0. The van der Waals surface area contributed by atoms with Crippen LogP contribution in [0.2, 0.25) is 0 Å². The number of ether oxygens (including phenoxy) is 2. The number of thiazole rings is 1. The van der Waals surface area contributed by atoms with Crippen molar-refractivity contribution in [1.29, 1.82) is 0 Å². The molecule has 0 fully saturated rings. The largest absolute Gasteiger partial charge is 0.457 e. The minimum atomic E-state index is -0.349. The van der Waals surface area contributed by atoms with Gasteiger partial charge in [-0.05, 0) is 42.5 Å². The number of aromatic nitrogens is 1. The van der Waals surface area contributed by atoms with E-state index in [1.807, 2.05) is 65.2 Å². The predicted molar refractivity (Wildman–Crippen MR) is 122 cm³/mol. The molecule has 7 heteroatoms. The highest BCUT2D eigenvalue weighted by atomic mass is 79.9. The third-order valence-electron chi connectivity index (χ3n) is 4.45. The molecule has 4 rings (SSSR count). The SMILES string of the molecule is COCCn1c(=NC(=O)c2ccccc2Oc2ccccc2)sc2cc(Br)ccc21. The molecule has 0 bridgehead atoms. The monoisotopic (exact) mass is 482 g/mol. The van der Waals surface area contributed by atoms with E-state index in [2.05, 4.69) is 20.9 Å². The van der Waals surface area contributed by atoms with Crippen LogP contribution in [-0.2, 0) is 11.3 Å². The van der Waals surface area contributed by atoms with Crippen LogP contribution in [-0.4, -0.2) is 24.2 Å². The van der Waals surface area contributed by atoms with Crippen molar-refractivity contribution in [2.45, 2.75) is 6.54 Å². The summed E-state index contributed by atoms with van der Waals surface area (Å²) in [6.45, 7) is 1.13. The quantitative estimate of drug-likeness (QED) is 0.357. The molecular formula is C23H19BrN2O3S. The number of fused-ring (bicyclic) bond motifs is 1. The third-order valence-corrected chi connectivity index (χ3v) is 5.98. The van der Waals surface area contributed by atoms with Gasteiger partial charge in [0.15, 0.2) is 4.80 Å². The van der Waals surface area contributed by atoms with E-state index in [4.69, 9.17) is 9.47 Å². The number of carbonyl (C=O) groups excluding carboxylic acids is 1. The van der Waals surface area contributed by atoms with Crippen LogP contribution in [0, 0.1) is 0 Å². The number of carbonyl (C=O) groups is 1. The van der Waals surface area contributed by atoms with Crippen LogP contribution in [0.3, 0.4) is 0 Å². The van der Waals surface area contributed by atoms with Crippen LogP contribution in [0.5, 0.6) is 11.5 Å². The lowest BCUT2D eigenvalue weighted by Crippen LogP contribution is -2.19. The van der Waals surface area contributed by atoms with Crippen molar-refractivity contribution in [2.24, 2.45) is 4.99 Å². The van der Waals surface area contributed by atoms with Crippen LogP contribution in [0.1, 0.15) is 10.4 Å². The van der Waals surface area contributed by atoms with E-state index in [1.54, 1.807) is 19.2 Å². The summed E-state index contributed by atoms with van der Waals surface area (Å²) in [5.41, 5.74) is 1.43. The molecule has 0 atom stereocenters. The van der Waals surface area contributed by atoms with Crippen molar-refractivity contribution in [1.82, 2.24) is 4.57 Å². The highest BCUT2D eigenvalue weighted by Gasteiger charge is 2.14. The fraction of sp³-hybridized carbons (Fsp3) is 0.130. The van der Waals surface area contributed by atoms with Crippen LogP contribution in [0.25, 0.3) is 10.2 Å². The first-order chi connectivity index (χ1) is 14.7. The molecule has 5 nitrogen and oxygen atoms in total. The lowest BCUT2D eigenvalue weighted by atomic mass is 10.2. The van der Waals surface area contributed by atoms with Crippen molar-refractivity contribution in [3.8, 4) is 11.5 Å². The molecule has 0 saturated heterocycles. The summed E-state index contributed by atoms with van der Waals surface area (Å²) < 4.78 is 15.2. The molecule has 3 aromatic carbocycles. The molecular weight excluding hydrogens is 464 g/mol. The summed E-state index contributed by atoms with van der Waals surface area (Å²) >= 11 is 4.98. The van der Waals surface area contributed by atoms with E-state index in [9.17, 15) is 4.79 Å². The Balaban J connectivity index is 1.75. The zero-order valence-corrected chi connectivity index (χ0v) is 18.7. The first kappa shape index (κ1) is 20.5. The van der Waals surface area contributed by atoms with Crippen molar-refractivity contribution < 1.29 is 14.3 Å². The van der Waals surface area contributed by atoms with E-state index >= 15 is 0 Å². The Labute approximate surface area is 186 Å². The maximum Gasteiger partial charge on any atom is 0.283 e. The van der Waals surface area contributed by atoms with E-state index in [0.717, 1.165) is 14.7 Å². The van der Waals surface area contributed by atoms with Gasteiger partial charge in [-0.15, -0.1) is 0 Å². The molecule has 0 N–H and O–H groups in total. The molecule has 1 amide bonds. The number of rotatable bonds is 6. The molecule has 0 spiro atoms. The number of methoxy groups -OCH3 is 1. The zero-order valence-electron chi connectivity index (χ0n) is 16.2. The molecule has 0 aliphatic heterocycles. The fourth-order valence-corrected chi connectivity index (χ4v) is 4.63. The van der Waals surface area contributed by atoms with Gasteiger partial charge in [0, 0.05) is 18.1 Å². The van der Waals surface area contributed by atoms with Crippen LogP contribution in [0.4, 0.5) is 0 Å². The third kappa shape index (κ3) is 4.53. The summed E-state index contributed by atoms with van der Waals surface area (Å²) in [5.74, 6) is 0.794. The maximum absolute atomic E-state index is 13.1. The Bertz CT molecular complexity index is 1250. The first-order valence-electron chi connectivity index (χ1n) is 9.34. The van der Waals surface area contributed by atoms with Gasteiger partial charge < -0.3 is 14.0 Å². The van der Waals surface area contributed by atoms with Crippen LogP contribution >= 0.6 is 27.3 Å². The molecule has 1 heterocycles. The molecule has 0 radical (unpaired) electrons. The molecule has 30 heavy (non-hydrogen) atoms. The average molecular weight is 483 g/mol. The molecule has 152 valence electrons. The minimum Gasteiger partial charge on any atom is -0.457 e. The van der Waals surface area contributed by atoms with Gasteiger partial charge in [0.25, 0.3) is 5.91 Å². The highest BCUT2D eigenvalue weighted by Crippen LogP contribution is 2.26. The molecule has 0 saturated carbocycles. The van der Waals surface area contributed by atoms with E-state index in [1.165, 1.54) is 11.3 Å². The lowest BCUT2D eigenvalue weighted by molar-refractivity contribution is 0.0995. The van der Waals surface area contributed by atoms with Crippen molar-refractivity contribution >= 4 is 43.4 Å². The fourth-order valence-electron chi connectivity index (χ4n) is 3.03. The summed E-state index contributed by atoms with van der Waals surface area (Å²) in [6.07, 6.45) is 0. The Morgan fingerprint density at radius 1 is 1.07 bits per heavy atom. The topological polar surface area (TPSA) is 52.8 Å². The van der Waals surface area contributed by atoms with Gasteiger partial charge in [-0.25, -0.2) is 0 Å². The maximum atomic E-state index is 13.1. The Morgan fingerprint density at radius 2 is 1.83 bits per heavy atom. The van der Waals surface area contributed by atoms with Crippen LogP contribution < -0.4 is 9.54 Å². The average Bonchev–Trinajstić information content (AvgIpc) is 3.09. The second-order valence-electron chi connectivity index (χ2n) is 6.47. The number of nitrogens with zero attached hydrogens (tertiary/aromatic N) is 2. The number of para-hydroxylation sites is 2. The second-order valence-corrected chi connectivity index (χ2v) is 8.39. The number of hydrogen-bond acceptors (Lipinski definition) is 4. The Hall–Kier alpha value is -2.74. The molecule has 0 unspecified atom stereocenters. The molecule has 4 aromatic rings. The van der Waals surface area contributed by atoms with Gasteiger partial charge in [0.1, 0.15) is 11.5 Å². The Morgan fingerprint density at radius 3 is 2.63 bits per heavy atom. The van der Waals surface area contributed by atoms with Gasteiger partial charge >= 0.3 is 0 Å². The number of benzene rings is 3. The van der Waals surface area contributed by atoms with Crippen molar-refractivity contribution in [3.05, 3.63) is 87.6 Å². The van der Waals surface area contributed by atoms with Gasteiger partial charge in [0.2, 0.25) is 0 Å². The number of hydrogen-bond donors (Lipinski definition) is 0. The van der Waals surface area contributed by atoms with Crippen LogP contribution in [0.15, 0.2) is 82.3 Å². The highest BCUT2D eigenvalue weighted by molar-refractivity contribution is 9.10. The van der Waals surface area contributed by atoms with Gasteiger partial charge in [-0.1, -0.05) is 57.6 Å². The lowest BCUT2D eigenvalue weighted by Gasteiger charge is -2.09. The number of halogens is 1. The van der Waals surface area contributed by atoms with Gasteiger partial charge in [-0.3, -0.25) is 4.79 Å².